The van der Waals surface area contributed by atoms with Crippen LogP contribution in [-0.4, -0.2) is 37.8 Å². The highest BCUT2D eigenvalue weighted by molar-refractivity contribution is 7.91. The molecule has 6 nitrogen and oxygen atoms in total. The topological polar surface area (TPSA) is 92.3 Å². The van der Waals surface area contributed by atoms with E-state index in [0.29, 0.717) is 32.1 Å². The van der Waals surface area contributed by atoms with Crippen LogP contribution in [0, 0.1) is 11.8 Å². The summed E-state index contributed by atoms with van der Waals surface area (Å²) in [6, 6.07) is 9.10. The lowest BCUT2D eigenvalue weighted by Crippen LogP contribution is -2.41. The van der Waals surface area contributed by atoms with E-state index >= 15 is 0 Å². The van der Waals surface area contributed by atoms with E-state index in [-0.39, 0.29) is 41.2 Å². The van der Waals surface area contributed by atoms with Crippen molar-refractivity contribution in [1.29, 1.82) is 0 Å². The van der Waals surface area contributed by atoms with Crippen LogP contribution in [0.4, 0.5) is 5.69 Å². The molecule has 0 radical (unpaired) electrons. The second kappa shape index (κ2) is 7.56. The lowest BCUT2D eigenvalue weighted by molar-refractivity contribution is -0.129. The Hall–Kier alpha value is -1.89. The molecule has 136 valence electrons. The van der Waals surface area contributed by atoms with E-state index in [1.165, 1.54) is 0 Å². The van der Waals surface area contributed by atoms with Crippen molar-refractivity contribution in [3.05, 3.63) is 30.3 Å². The van der Waals surface area contributed by atoms with Crippen LogP contribution < -0.4 is 10.6 Å². The zero-order valence-electron chi connectivity index (χ0n) is 14.1. The number of nitrogens with one attached hydrogen (secondary N) is 2. The quantitative estimate of drug-likeness (QED) is 0.851. The van der Waals surface area contributed by atoms with Crippen molar-refractivity contribution in [1.82, 2.24) is 5.32 Å². The van der Waals surface area contributed by atoms with Crippen LogP contribution in [0.1, 0.15) is 32.1 Å². The van der Waals surface area contributed by atoms with Crippen molar-refractivity contribution >= 4 is 27.3 Å². The third-order valence-corrected chi connectivity index (χ3v) is 6.86. The lowest BCUT2D eigenvalue weighted by atomic mass is 9.81. The molecule has 2 fully saturated rings. The number of hydrogen-bond acceptors (Lipinski definition) is 4. The van der Waals surface area contributed by atoms with E-state index in [1.54, 1.807) is 0 Å². The highest BCUT2D eigenvalue weighted by Crippen LogP contribution is 2.30. The molecule has 2 N–H and O–H groups in total. The second-order valence-electron chi connectivity index (χ2n) is 7.01. The van der Waals surface area contributed by atoms with Crippen molar-refractivity contribution in [3.8, 4) is 0 Å². The molecule has 1 aromatic rings. The fourth-order valence-electron chi connectivity index (χ4n) is 3.61. The first-order valence-electron chi connectivity index (χ1n) is 8.80. The molecular weight excluding hydrogens is 340 g/mol. The van der Waals surface area contributed by atoms with E-state index in [4.69, 9.17) is 0 Å². The van der Waals surface area contributed by atoms with Crippen LogP contribution in [0.5, 0.6) is 0 Å². The summed E-state index contributed by atoms with van der Waals surface area (Å²) in [4.78, 5) is 24.6. The Morgan fingerprint density at radius 1 is 0.880 bits per heavy atom. The van der Waals surface area contributed by atoms with Crippen LogP contribution >= 0.6 is 0 Å². The Bertz CT molecular complexity index is 725. The predicted molar refractivity (Wildman–Crippen MR) is 95.7 cm³/mol. The molecule has 1 saturated carbocycles. The number of para-hydroxylation sites is 1. The van der Waals surface area contributed by atoms with Crippen molar-refractivity contribution in [2.45, 2.75) is 38.1 Å². The molecule has 2 aliphatic rings. The second-order valence-corrected chi connectivity index (χ2v) is 9.24. The zero-order valence-corrected chi connectivity index (χ0v) is 14.9. The highest BCUT2D eigenvalue weighted by Gasteiger charge is 2.33. The summed E-state index contributed by atoms with van der Waals surface area (Å²) in [5, 5.41) is 5.79. The summed E-state index contributed by atoms with van der Waals surface area (Å²) in [7, 11) is -2.99. The van der Waals surface area contributed by atoms with Gasteiger partial charge in [-0.05, 0) is 44.2 Å². The number of carbonyl (C=O) groups excluding carboxylic acids is 2. The van der Waals surface area contributed by atoms with Gasteiger partial charge >= 0.3 is 0 Å². The minimum absolute atomic E-state index is 0.00643. The molecule has 0 spiro atoms. The average molecular weight is 364 g/mol. The first-order chi connectivity index (χ1) is 11.9. The highest BCUT2D eigenvalue weighted by atomic mass is 32.2. The molecule has 1 unspecified atom stereocenters. The number of hydrogen-bond donors (Lipinski definition) is 2. The number of anilines is 1. The van der Waals surface area contributed by atoms with E-state index in [0.717, 1.165) is 5.69 Å². The molecule has 1 saturated heterocycles. The van der Waals surface area contributed by atoms with Crippen molar-refractivity contribution in [2.75, 3.05) is 16.8 Å². The largest absolute Gasteiger partial charge is 0.352 e. The Labute approximate surface area is 148 Å². The van der Waals surface area contributed by atoms with Gasteiger partial charge < -0.3 is 10.6 Å². The van der Waals surface area contributed by atoms with Crippen LogP contribution in [0.25, 0.3) is 0 Å². The molecule has 3 rings (SSSR count). The summed E-state index contributed by atoms with van der Waals surface area (Å²) in [6.07, 6.45) is 3.19. The predicted octanol–water partition coefficient (Wildman–Crippen LogP) is 1.73. The molecule has 2 amide bonds. The first-order valence-corrected chi connectivity index (χ1v) is 10.6. The molecule has 25 heavy (non-hydrogen) atoms. The maximum atomic E-state index is 12.3. The van der Waals surface area contributed by atoms with Gasteiger partial charge in [-0.25, -0.2) is 8.42 Å². The van der Waals surface area contributed by atoms with Crippen LogP contribution in [0.2, 0.25) is 0 Å². The number of rotatable bonds is 4. The van der Waals surface area contributed by atoms with Gasteiger partial charge in [-0.1, -0.05) is 18.2 Å². The maximum Gasteiger partial charge on any atom is 0.227 e. The lowest BCUT2D eigenvalue weighted by Gasteiger charge is -2.27. The SMILES string of the molecule is O=C(Nc1ccccc1)C1CCC(C(=O)NC2CCS(=O)(=O)C2)CC1. The minimum atomic E-state index is -2.99. The standard InChI is InChI=1S/C18H24N2O4S/c21-17(19-15-4-2-1-3-5-15)13-6-8-14(9-7-13)18(22)20-16-10-11-25(23,24)12-16/h1-5,13-14,16H,6-12H2,(H,19,21)(H,20,22). The Morgan fingerprint density at radius 2 is 1.48 bits per heavy atom. The third kappa shape index (κ3) is 4.81. The fraction of sp³-hybridized carbons (Fsp3) is 0.556. The third-order valence-electron chi connectivity index (χ3n) is 5.09. The van der Waals surface area contributed by atoms with Gasteiger partial charge in [0.2, 0.25) is 11.8 Å². The normalized spacial score (nSPS) is 28.2. The number of amides is 2. The zero-order chi connectivity index (χ0) is 17.9. The van der Waals surface area contributed by atoms with E-state index in [9.17, 15) is 18.0 Å². The molecule has 1 aliphatic heterocycles. The number of sulfone groups is 1. The fourth-order valence-corrected chi connectivity index (χ4v) is 5.28. The van der Waals surface area contributed by atoms with Gasteiger partial charge in [0.1, 0.15) is 0 Å². The van der Waals surface area contributed by atoms with Gasteiger partial charge in [-0.15, -0.1) is 0 Å². The van der Waals surface area contributed by atoms with Crippen LogP contribution in [0.15, 0.2) is 30.3 Å². The smallest absolute Gasteiger partial charge is 0.227 e. The Kier molecular flexibility index (Phi) is 5.42. The summed E-state index contributed by atoms with van der Waals surface area (Å²) < 4.78 is 22.9. The Morgan fingerprint density at radius 3 is 2.04 bits per heavy atom. The molecule has 1 atom stereocenters. The molecular formula is C18H24N2O4S. The number of carbonyl (C=O) groups is 2. The monoisotopic (exact) mass is 364 g/mol. The van der Waals surface area contributed by atoms with Crippen LogP contribution in [0.3, 0.4) is 0 Å². The molecule has 1 aliphatic carbocycles. The van der Waals surface area contributed by atoms with E-state index in [1.807, 2.05) is 30.3 Å². The number of benzene rings is 1. The molecule has 0 bridgehead atoms. The average Bonchev–Trinajstić information content (AvgIpc) is 2.94. The van der Waals surface area contributed by atoms with Gasteiger partial charge in [0.15, 0.2) is 9.84 Å². The van der Waals surface area contributed by atoms with Gasteiger partial charge in [-0.2, -0.15) is 0 Å². The van der Waals surface area contributed by atoms with Crippen molar-refractivity contribution < 1.29 is 18.0 Å². The van der Waals surface area contributed by atoms with Crippen molar-refractivity contribution in [2.24, 2.45) is 11.8 Å². The summed E-state index contributed by atoms with van der Waals surface area (Å²) >= 11 is 0. The minimum Gasteiger partial charge on any atom is -0.352 e. The van der Waals surface area contributed by atoms with E-state index in [2.05, 4.69) is 10.6 Å². The van der Waals surface area contributed by atoms with Crippen molar-refractivity contribution in [3.63, 3.8) is 0 Å². The Balaban J connectivity index is 1.45. The van der Waals surface area contributed by atoms with E-state index < -0.39 is 9.84 Å². The molecule has 1 heterocycles. The molecule has 0 aromatic heterocycles. The van der Waals surface area contributed by atoms with Gasteiger partial charge in [0.25, 0.3) is 0 Å². The van der Waals surface area contributed by atoms with Crippen LogP contribution in [-0.2, 0) is 19.4 Å². The van der Waals surface area contributed by atoms with Gasteiger partial charge in [0, 0.05) is 23.6 Å². The van der Waals surface area contributed by atoms with Gasteiger partial charge in [0.05, 0.1) is 11.5 Å². The van der Waals surface area contributed by atoms with Gasteiger partial charge in [-0.3, -0.25) is 9.59 Å². The first kappa shape index (κ1) is 17.9. The molecule has 7 heteroatoms. The maximum absolute atomic E-state index is 12.3. The summed E-state index contributed by atoms with van der Waals surface area (Å²) in [5.74, 6) is -0.0473. The summed E-state index contributed by atoms with van der Waals surface area (Å²) in [6.45, 7) is 0. The summed E-state index contributed by atoms with van der Waals surface area (Å²) in [5.41, 5.74) is 0.787. The molecule has 1 aromatic carbocycles.